The van der Waals surface area contributed by atoms with Gasteiger partial charge >= 0.3 is 5.97 Å². The maximum Gasteiger partial charge on any atom is 0.324 e. The lowest BCUT2D eigenvalue weighted by Gasteiger charge is -2.35. The average molecular weight is 378 g/mol. The number of hydrogen-bond acceptors (Lipinski definition) is 5. The molecule has 1 aliphatic rings. The number of nitrogens with zero attached hydrogens (tertiary/aromatic N) is 2. The molecule has 2 unspecified atom stereocenters. The fourth-order valence-electron chi connectivity index (χ4n) is 3.51. The van der Waals surface area contributed by atoms with Crippen LogP contribution in [-0.4, -0.2) is 61.7 Å². The Morgan fingerprint density at radius 1 is 1.15 bits per heavy atom. The molecular weight excluding hydrogens is 356 g/mol. The molecule has 0 radical (unpaired) electrons. The quantitative estimate of drug-likeness (QED) is 0.837. The largest absolute Gasteiger partial charge is 0.480 e. The van der Waals surface area contributed by atoms with E-state index in [2.05, 4.69) is 0 Å². The number of carboxylic acids is 1. The van der Waals surface area contributed by atoms with Crippen molar-refractivity contribution in [3.8, 4) is 0 Å². The van der Waals surface area contributed by atoms with Crippen LogP contribution >= 0.6 is 0 Å². The number of sulfonamides is 1. The van der Waals surface area contributed by atoms with Crippen molar-refractivity contribution in [1.82, 2.24) is 4.31 Å². The predicted octanol–water partition coefficient (Wildman–Crippen LogP) is 1.50. The van der Waals surface area contributed by atoms with Gasteiger partial charge in [-0.1, -0.05) is 24.3 Å². The first-order valence-electron chi connectivity index (χ1n) is 8.37. The number of anilines is 1. The van der Waals surface area contributed by atoms with E-state index in [1.165, 1.54) is 6.07 Å². The Morgan fingerprint density at radius 3 is 2.46 bits per heavy atom. The first-order valence-corrected chi connectivity index (χ1v) is 9.81. The molecule has 0 spiro atoms. The second kappa shape index (κ2) is 6.86. The third kappa shape index (κ3) is 3.04. The Hall–Kier alpha value is -2.16. The monoisotopic (exact) mass is 378 g/mol. The minimum absolute atomic E-state index is 0.0547. The number of aliphatic hydroxyl groups is 1. The molecule has 2 aromatic rings. The number of hydrogen-bond donors (Lipinski definition) is 2. The van der Waals surface area contributed by atoms with Crippen LogP contribution in [0, 0.1) is 0 Å². The SMILES string of the molecule is CN(C)c1cccc2c(S(=O)(=O)N3CCCC(O)C3C(=O)O)cccc12. The molecule has 26 heavy (non-hydrogen) atoms. The van der Waals surface area contributed by atoms with Gasteiger partial charge in [0, 0.05) is 37.1 Å². The zero-order valence-electron chi connectivity index (χ0n) is 14.7. The van der Waals surface area contributed by atoms with E-state index in [0.717, 1.165) is 15.4 Å². The Labute approximate surface area is 152 Å². The number of aliphatic carboxylic acids is 1. The molecule has 0 amide bonds. The zero-order valence-corrected chi connectivity index (χ0v) is 15.5. The average Bonchev–Trinajstić information content (AvgIpc) is 2.59. The van der Waals surface area contributed by atoms with Crippen molar-refractivity contribution in [3.63, 3.8) is 0 Å². The van der Waals surface area contributed by atoms with Crippen molar-refractivity contribution >= 4 is 32.5 Å². The number of piperidine rings is 1. The Morgan fingerprint density at radius 2 is 1.81 bits per heavy atom. The molecule has 2 atom stereocenters. The van der Waals surface area contributed by atoms with Gasteiger partial charge in [-0.3, -0.25) is 4.79 Å². The van der Waals surface area contributed by atoms with Gasteiger partial charge in [0.05, 0.1) is 11.0 Å². The molecule has 140 valence electrons. The Bertz CT molecular complexity index is 942. The van der Waals surface area contributed by atoms with Gasteiger partial charge in [0.1, 0.15) is 6.04 Å². The molecule has 1 heterocycles. The zero-order chi connectivity index (χ0) is 19.1. The molecule has 0 aromatic heterocycles. The van der Waals surface area contributed by atoms with E-state index in [4.69, 9.17) is 0 Å². The van der Waals surface area contributed by atoms with E-state index in [9.17, 15) is 23.4 Å². The number of carbonyl (C=O) groups is 1. The van der Waals surface area contributed by atoms with Crippen LogP contribution in [0.15, 0.2) is 41.3 Å². The minimum Gasteiger partial charge on any atom is -0.480 e. The fraction of sp³-hybridized carbons (Fsp3) is 0.389. The fourth-order valence-corrected chi connectivity index (χ4v) is 5.37. The maximum absolute atomic E-state index is 13.3. The first-order chi connectivity index (χ1) is 12.2. The van der Waals surface area contributed by atoms with Crippen LogP contribution in [0.1, 0.15) is 12.8 Å². The van der Waals surface area contributed by atoms with Crippen molar-refractivity contribution < 1.29 is 23.4 Å². The smallest absolute Gasteiger partial charge is 0.324 e. The maximum atomic E-state index is 13.3. The van der Waals surface area contributed by atoms with Crippen molar-refractivity contribution in [2.75, 3.05) is 25.5 Å². The summed E-state index contributed by atoms with van der Waals surface area (Å²) >= 11 is 0. The molecule has 3 rings (SSSR count). The van der Waals surface area contributed by atoms with Crippen molar-refractivity contribution in [2.24, 2.45) is 0 Å². The normalized spacial score (nSPS) is 21.7. The summed E-state index contributed by atoms with van der Waals surface area (Å²) < 4.78 is 27.5. The molecule has 2 aromatic carbocycles. The standard InChI is InChI=1S/C18H22N2O5S/c1-19(2)14-8-3-7-13-12(14)6-4-10-16(13)26(24,25)20-11-5-9-15(21)17(20)18(22)23/h3-4,6-8,10,15,17,21H,5,9,11H2,1-2H3,(H,22,23). The number of rotatable bonds is 4. The highest BCUT2D eigenvalue weighted by Crippen LogP contribution is 2.33. The summed E-state index contributed by atoms with van der Waals surface area (Å²) in [6.07, 6.45) is -0.537. The first kappa shape index (κ1) is 18.6. The Balaban J connectivity index is 2.19. The lowest BCUT2D eigenvalue weighted by atomic mass is 10.0. The van der Waals surface area contributed by atoms with Gasteiger partial charge < -0.3 is 15.1 Å². The van der Waals surface area contributed by atoms with Crippen molar-refractivity contribution in [1.29, 1.82) is 0 Å². The van der Waals surface area contributed by atoms with E-state index in [-0.39, 0.29) is 17.9 Å². The van der Waals surface area contributed by atoms with Gasteiger partial charge in [0.25, 0.3) is 0 Å². The van der Waals surface area contributed by atoms with Gasteiger partial charge in [-0.15, -0.1) is 0 Å². The summed E-state index contributed by atoms with van der Waals surface area (Å²) in [7, 11) is -0.339. The molecule has 0 saturated carbocycles. The van der Waals surface area contributed by atoms with Crippen LogP contribution < -0.4 is 4.90 Å². The van der Waals surface area contributed by atoms with E-state index >= 15 is 0 Å². The second-order valence-electron chi connectivity index (χ2n) is 6.63. The predicted molar refractivity (Wildman–Crippen MR) is 98.8 cm³/mol. The summed E-state index contributed by atoms with van der Waals surface area (Å²) in [4.78, 5) is 13.5. The van der Waals surface area contributed by atoms with E-state index in [0.29, 0.717) is 11.8 Å². The summed E-state index contributed by atoms with van der Waals surface area (Å²) in [6.45, 7) is 0.0696. The second-order valence-corrected chi connectivity index (χ2v) is 8.49. The van der Waals surface area contributed by atoms with Crippen LogP contribution in [0.25, 0.3) is 10.8 Å². The van der Waals surface area contributed by atoms with E-state index in [1.807, 2.05) is 31.1 Å². The highest BCUT2D eigenvalue weighted by Gasteiger charge is 2.43. The molecular formula is C18H22N2O5S. The highest BCUT2D eigenvalue weighted by molar-refractivity contribution is 7.89. The summed E-state index contributed by atoms with van der Waals surface area (Å²) in [5, 5.41) is 20.8. The van der Waals surface area contributed by atoms with Gasteiger partial charge in [-0.25, -0.2) is 8.42 Å². The summed E-state index contributed by atoms with van der Waals surface area (Å²) in [5.41, 5.74) is 0.869. The molecule has 7 nitrogen and oxygen atoms in total. The lowest BCUT2D eigenvalue weighted by Crippen LogP contribution is -2.54. The molecule has 2 N–H and O–H groups in total. The van der Waals surface area contributed by atoms with E-state index in [1.54, 1.807) is 18.2 Å². The molecule has 1 fully saturated rings. The van der Waals surface area contributed by atoms with Crippen molar-refractivity contribution in [3.05, 3.63) is 36.4 Å². The van der Waals surface area contributed by atoms with Gasteiger partial charge in [0.15, 0.2) is 0 Å². The summed E-state index contributed by atoms with van der Waals surface area (Å²) in [5.74, 6) is -1.34. The number of carboxylic acid groups (broad SMARTS) is 1. The molecule has 1 aliphatic heterocycles. The minimum atomic E-state index is -4.08. The van der Waals surface area contributed by atoms with Crippen molar-refractivity contribution in [2.45, 2.75) is 29.9 Å². The lowest BCUT2D eigenvalue weighted by molar-refractivity contribution is -0.146. The van der Waals surface area contributed by atoms with Crippen LogP contribution in [0.3, 0.4) is 0 Å². The Kier molecular flexibility index (Phi) is 4.92. The van der Waals surface area contributed by atoms with Crippen LogP contribution in [-0.2, 0) is 14.8 Å². The van der Waals surface area contributed by atoms with Gasteiger partial charge in [0.2, 0.25) is 10.0 Å². The summed E-state index contributed by atoms with van der Waals surface area (Å²) in [6, 6.07) is 8.88. The van der Waals surface area contributed by atoms with E-state index < -0.39 is 28.1 Å². The molecule has 8 heteroatoms. The topological polar surface area (TPSA) is 98.2 Å². The highest BCUT2D eigenvalue weighted by atomic mass is 32.2. The van der Waals surface area contributed by atoms with Crippen LogP contribution in [0.4, 0.5) is 5.69 Å². The number of fused-ring (bicyclic) bond motifs is 1. The third-order valence-corrected chi connectivity index (χ3v) is 6.67. The number of aliphatic hydroxyl groups excluding tert-OH is 1. The third-order valence-electron chi connectivity index (χ3n) is 4.73. The molecule has 0 bridgehead atoms. The van der Waals surface area contributed by atoms with Crippen LogP contribution in [0.2, 0.25) is 0 Å². The van der Waals surface area contributed by atoms with Gasteiger partial charge in [-0.05, 0) is 25.0 Å². The van der Waals surface area contributed by atoms with Crippen LogP contribution in [0.5, 0.6) is 0 Å². The molecule has 1 saturated heterocycles. The number of benzene rings is 2. The van der Waals surface area contributed by atoms with Gasteiger partial charge in [-0.2, -0.15) is 4.31 Å². The molecule has 0 aliphatic carbocycles.